The Kier molecular flexibility index (Phi) is 4.63. The molecule has 0 spiro atoms. The number of rotatable bonds is 4. The minimum absolute atomic E-state index is 0.0260. The summed E-state index contributed by atoms with van der Waals surface area (Å²) in [5.41, 5.74) is 2.47. The van der Waals surface area contributed by atoms with Gasteiger partial charge in [-0.05, 0) is 25.8 Å². The molecule has 2 nitrogen and oxygen atoms in total. The van der Waals surface area contributed by atoms with Crippen molar-refractivity contribution in [3.63, 3.8) is 0 Å². The summed E-state index contributed by atoms with van der Waals surface area (Å²) in [5.74, 6) is -0.0885. The predicted octanol–water partition coefficient (Wildman–Crippen LogP) is 2.28. The highest BCUT2D eigenvalue weighted by Gasteiger charge is 2.06. The van der Waals surface area contributed by atoms with Gasteiger partial charge in [-0.15, -0.1) is 11.6 Å². The summed E-state index contributed by atoms with van der Waals surface area (Å²) in [6, 6.07) is 8.44. The van der Waals surface area contributed by atoms with Crippen LogP contribution in [-0.2, 0) is 11.2 Å². The number of aryl methyl sites for hydroxylation is 1. The van der Waals surface area contributed by atoms with E-state index < -0.39 is 0 Å². The Morgan fingerprint density at radius 2 is 2.00 bits per heavy atom. The SMILES string of the molecule is Cc1ccc(CC(C)NC(=O)CCl)cc1. The Morgan fingerprint density at radius 1 is 1.40 bits per heavy atom. The molecule has 3 heteroatoms. The summed E-state index contributed by atoms with van der Waals surface area (Å²) in [6.45, 7) is 4.03. The second-order valence-electron chi connectivity index (χ2n) is 3.79. The molecule has 1 aromatic rings. The summed E-state index contributed by atoms with van der Waals surface area (Å²) in [7, 11) is 0. The number of hydrogen-bond acceptors (Lipinski definition) is 1. The molecule has 1 N–H and O–H groups in total. The van der Waals surface area contributed by atoms with E-state index in [0.717, 1.165) is 6.42 Å². The van der Waals surface area contributed by atoms with Crippen LogP contribution in [-0.4, -0.2) is 17.8 Å². The molecule has 0 heterocycles. The number of benzene rings is 1. The normalized spacial score (nSPS) is 12.2. The highest BCUT2D eigenvalue weighted by molar-refractivity contribution is 6.27. The van der Waals surface area contributed by atoms with Crippen LogP contribution >= 0.6 is 11.6 Å². The maximum atomic E-state index is 11.0. The molecule has 0 aliphatic heterocycles. The molecule has 0 bridgehead atoms. The zero-order valence-corrected chi connectivity index (χ0v) is 9.84. The lowest BCUT2D eigenvalue weighted by molar-refractivity contribution is -0.119. The number of alkyl halides is 1. The minimum atomic E-state index is -0.115. The van der Waals surface area contributed by atoms with E-state index in [4.69, 9.17) is 11.6 Å². The third kappa shape index (κ3) is 4.34. The third-order valence-electron chi connectivity index (χ3n) is 2.19. The number of nitrogens with one attached hydrogen (secondary N) is 1. The van der Waals surface area contributed by atoms with Crippen LogP contribution in [0.15, 0.2) is 24.3 Å². The third-order valence-corrected chi connectivity index (χ3v) is 2.43. The molecule has 0 radical (unpaired) electrons. The largest absolute Gasteiger partial charge is 0.352 e. The van der Waals surface area contributed by atoms with Crippen molar-refractivity contribution >= 4 is 17.5 Å². The topological polar surface area (TPSA) is 29.1 Å². The zero-order chi connectivity index (χ0) is 11.3. The van der Waals surface area contributed by atoms with Gasteiger partial charge in [0.1, 0.15) is 5.88 Å². The molecule has 1 amide bonds. The molecule has 0 aliphatic rings. The first-order valence-corrected chi connectivity index (χ1v) is 5.56. The van der Waals surface area contributed by atoms with Gasteiger partial charge >= 0.3 is 0 Å². The number of carbonyl (C=O) groups excluding carboxylic acids is 1. The van der Waals surface area contributed by atoms with E-state index in [9.17, 15) is 4.79 Å². The Hall–Kier alpha value is -1.02. The molecule has 0 saturated carbocycles. The first kappa shape index (κ1) is 12.1. The predicted molar refractivity (Wildman–Crippen MR) is 63.2 cm³/mol. The van der Waals surface area contributed by atoms with Gasteiger partial charge in [-0.3, -0.25) is 4.79 Å². The summed E-state index contributed by atoms with van der Waals surface area (Å²) in [4.78, 5) is 11.0. The summed E-state index contributed by atoms with van der Waals surface area (Å²) >= 11 is 5.41. The van der Waals surface area contributed by atoms with Gasteiger partial charge in [0, 0.05) is 6.04 Å². The monoisotopic (exact) mass is 225 g/mol. The number of amides is 1. The first-order valence-electron chi connectivity index (χ1n) is 5.02. The van der Waals surface area contributed by atoms with E-state index in [1.165, 1.54) is 11.1 Å². The summed E-state index contributed by atoms with van der Waals surface area (Å²) in [6.07, 6.45) is 0.836. The van der Waals surface area contributed by atoms with E-state index in [1.807, 2.05) is 6.92 Å². The van der Waals surface area contributed by atoms with Crippen molar-refractivity contribution in [3.8, 4) is 0 Å². The van der Waals surface area contributed by atoms with Gasteiger partial charge in [-0.1, -0.05) is 29.8 Å². The number of carbonyl (C=O) groups is 1. The Morgan fingerprint density at radius 3 is 2.53 bits per heavy atom. The highest BCUT2D eigenvalue weighted by atomic mass is 35.5. The molecule has 0 fully saturated rings. The summed E-state index contributed by atoms with van der Waals surface area (Å²) in [5, 5.41) is 2.82. The molecular formula is C12H16ClNO. The average Bonchev–Trinajstić information content (AvgIpc) is 2.21. The zero-order valence-electron chi connectivity index (χ0n) is 9.09. The van der Waals surface area contributed by atoms with E-state index in [2.05, 4.69) is 36.5 Å². The van der Waals surface area contributed by atoms with Gasteiger partial charge in [0.05, 0.1) is 0 Å². The quantitative estimate of drug-likeness (QED) is 0.783. The molecule has 1 rings (SSSR count). The van der Waals surface area contributed by atoms with Crippen molar-refractivity contribution in [1.29, 1.82) is 0 Å². The molecular weight excluding hydrogens is 210 g/mol. The van der Waals surface area contributed by atoms with E-state index in [-0.39, 0.29) is 17.8 Å². The van der Waals surface area contributed by atoms with Crippen molar-refractivity contribution in [2.24, 2.45) is 0 Å². The Labute approximate surface area is 95.6 Å². The molecule has 15 heavy (non-hydrogen) atoms. The van der Waals surface area contributed by atoms with Crippen molar-refractivity contribution in [3.05, 3.63) is 35.4 Å². The van der Waals surface area contributed by atoms with Gasteiger partial charge in [0.25, 0.3) is 0 Å². The highest BCUT2D eigenvalue weighted by Crippen LogP contribution is 2.05. The van der Waals surface area contributed by atoms with Crippen LogP contribution < -0.4 is 5.32 Å². The maximum Gasteiger partial charge on any atom is 0.235 e. The Balaban J connectivity index is 2.47. The van der Waals surface area contributed by atoms with Crippen LogP contribution in [0.25, 0.3) is 0 Å². The van der Waals surface area contributed by atoms with Gasteiger partial charge in [-0.2, -0.15) is 0 Å². The fourth-order valence-corrected chi connectivity index (χ4v) is 1.52. The minimum Gasteiger partial charge on any atom is -0.352 e. The van der Waals surface area contributed by atoms with Gasteiger partial charge in [-0.25, -0.2) is 0 Å². The molecule has 1 aromatic carbocycles. The second kappa shape index (κ2) is 5.76. The first-order chi connectivity index (χ1) is 7.11. The van der Waals surface area contributed by atoms with E-state index in [0.29, 0.717) is 0 Å². The molecule has 0 saturated heterocycles. The lowest BCUT2D eigenvalue weighted by Crippen LogP contribution is -2.34. The van der Waals surface area contributed by atoms with Gasteiger partial charge < -0.3 is 5.32 Å². The lowest BCUT2D eigenvalue weighted by atomic mass is 10.1. The van der Waals surface area contributed by atoms with Gasteiger partial charge in [0.2, 0.25) is 5.91 Å². The Bertz CT molecular complexity index is 321. The van der Waals surface area contributed by atoms with Crippen LogP contribution in [0.1, 0.15) is 18.1 Å². The van der Waals surface area contributed by atoms with E-state index in [1.54, 1.807) is 0 Å². The lowest BCUT2D eigenvalue weighted by Gasteiger charge is -2.12. The van der Waals surface area contributed by atoms with Crippen molar-refractivity contribution in [1.82, 2.24) is 5.32 Å². The second-order valence-corrected chi connectivity index (χ2v) is 4.06. The number of halogens is 1. The van der Waals surface area contributed by atoms with Gasteiger partial charge in [0.15, 0.2) is 0 Å². The van der Waals surface area contributed by atoms with E-state index >= 15 is 0 Å². The average molecular weight is 226 g/mol. The number of hydrogen-bond donors (Lipinski definition) is 1. The standard InChI is InChI=1S/C12H16ClNO/c1-9-3-5-11(6-4-9)7-10(2)14-12(15)8-13/h3-6,10H,7-8H2,1-2H3,(H,14,15). The van der Waals surface area contributed by atoms with Crippen molar-refractivity contribution < 1.29 is 4.79 Å². The fraction of sp³-hybridized carbons (Fsp3) is 0.417. The van der Waals surface area contributed by atoms with Crippen molar-refractivity contribution in [2.75, 3.05) is 5.88 Å². The fourth-order valence-electron chi connectivity index (χ4n) is 1.44. The van der Waals surface area contributed by atoms with Crippen LogP contribution in [0.3, 0.4) is 0 Å². The molecule has 1 unspecified atom stereocenters. The molecule has 1 atom stereocenters. The van der Waals surface area contributed by atoms with Crippen LogP contribution in [0.5, 0.6) is 0 Å². The smallest absolute Gasteiger partial charge is 0.235 e. The molecule has 0 aromatic heterocycles. The molecule has 0 aliphatic carbocycles. The van der Waals surface area contributed by atoms with Crippen molar-refractivity contribution in [2.45, 2.75) is 26.3 Å². The maximum absolute atomic E-state index is 11.0. The molecule has 82 valence electrons. The van der Waals surface area contributed by atoms with Crippen LogP contribution in [0.4, 0.5) is 0 Å². The van der Waals surface area contributed by atoms with Crippen LogP contribution in [0.2, 0.25) is 0 Å². The summed E-state index contributed by atoms with van der Waals surface area (Å²) < 4.78 is 0. The van der Waals surface area contributed by atoms with Crippen LogP contribution in [0, 0.1) is 6.92 Å².